The van der Waals surface area contributed by atoms with Crippen LogP contribution in [0, 0.1) is 0 Å². The van der Waals surface area contributed by atoms with E-state index in [2.05, 4.69) is 5.32 Å². The molecule has 0 saturated carbocycles. The van der Waals surface area contributed by atoms with Crippen LogP contribution in [-0.4, -0.2) is 32.2 Å². The SMILES string of the molecule is COc1cccc(/C=C/C(=O)OC(C)C(=O)NC(C)c2ccc(Cl)cc2Cl)c1OC. The van der Waals surface area contributed by atoms with Crippen LogP contribution in [0.2, 0.25) is 10.0 Å². The molecule has 2 rings (SSSR count). The second-order valence-electron chi connectivity index (χ2n) is 6.39. The normalized spacial score (nSPS) is 12.9. The van der Waals surface area contributed by atoms with Gasteiger partial charge in [-0.3, -0.25) is 4.79 Å². The average Bonchev–Trinajstić information content (AvgIpc) is 2.71. The number of para-hydroxylation sites is 1. The molecule has 2 unspecified atom stereocenters. The van der Waals surface area contributed by atoms with Crippen molar-refractivity contribution < 1.29 is 23.8 Å². The van der Waals surface area contributed by atoms with Crippen LogP contribution in [0.15, 0.2) is 42.5 Å². The third-order valence-corrected chi connectivity index (χ3v) is 4.84. The zero-order chi connectivity index (χ0) is 22.3. The maximum atomic E-state index is 12.4. The molecule has 0 heterocycles. The maximum absolute atomic E-state index is 12.4. The van der Waals surface area contributed by atoms with E-state index in [-0.39, 0.29) is 6.04 Å². The molecule has 2 aromatic carbocycles. The number of amides is 1. The Bertz CT molecular complexity index is 945. The van der Waals surface area contributed by atoms with Gasteiger partial charge in [0.1, 0.15) is 0 Å². The van der Waals surface area contributed by atoms with E-state index in [0.717, 1.165) is 0 Å². The van der Waals surface area contributed by atoms with Gasteiger partial charge in [0.2, 0.25) is 0 Å². The summed E-state index contributed by atoms with van der Waals surface area (Å²) in [5.41, 5.74) is 1.34. The molecule has 6 nitrogen and oxygen atoms in total. The molecule has 0 aliphatic carbocycles. The van der Waals surface area contributed by atoms with Gasteiger partial charge in [-0.25, -0.2) is 4.79 Å². The maximum Gasteiger partial charge on any atom is 0.331 e. The van der Waals surface area contributed by atoms with Crippen molar-refractivity contribution in [1.29, 1.82) is 0 Å². The van der Waals surface area contributed by atoms with Crippen LogP contribution in [0.3, 0.4) is 0 Å². The van der Waals surface area contributed by atoms with E-state index in [1.165, 1.54) is 33.3 Å². The summed E-state index contributed by atoms with van der Waals surface area (Å²) in [6, 6.07) is 9.91. The van der Waals surface area contributed by atoms with Gasteiger partial charge in [0, 0.05) is 21.7 Å². The highest BCUT2D eigenvalue weighted by Gasteiger charge is 2.20. The summed E-state index contributed by atoms with van der Waals surface area (Å²) < 4.78 is 15.7. The number of rotatable bonds is 8. The first-order valence-corrected chi connectivity index (χ1v) is 9.87. The highest BCUT2D eigenvalue weighted by atomic mass is 35.5. The van der Waals surface area contributed by atoms with Gasteiger partial charge in [0.15, 0.2) is 17.6 Å². The van der Waals surface area contributed by atoms with Gasteiger partial charge in [-0.05, 0) is 43.7 Å². The highest BCUT2D eigenvalue weighted by molar-refractivity contribution is 6.35. The molecular weight excluding hydrogens is 429 g/mol. The second kappa shape index (κ2) is 10.9. The summed E-state index contributed by atoms with van der Waals surface area (Å²) in [6.45, 7) is 3.26. The van der Waals surface area contributed by atoms with Gasteiger partial charge in [-0.2, -0.15) is 0 Å². The smallest absolute Gasteiger partial charge is 0.331 e. The van der Waals surface area contributed by atoms with Crippen LogP contribution >= 0.6 is 23.2 Å². The van der Waals surface area contributed by atoms with Crippen molar-refractivity contribution in [3.8, 4) is 11.5 Å². The number of benzene rings is 2. The minimum Gasteiger partial charge on any atom is -0.493 e. The number of methoxy groups -OCH3 is 2. The predicted octanol–water partition coefficient (Wildman–Crippen LogP) is 4.83. The quantitative estimate of drug-likeness (QED) is 0.459. The Morgan fingerprint density at radius 2 is 1.80 bits per heavy atom. The summed E-state index contributed by atoms with van der Waals surface area (Å²) in [5.74, 6) is -0.0898. The number of carbonyl (C=O) groups excluding carboxylic acids is 2. The van der Waals surface area contributed by atoms with Crippen LogP contribution in [0.5, 0.6) is 11.5 Å². The van der Waals surface area contributed by atoms with Crippen LogP contribution in [0.25, 0.3) is 6.08 Å². The lowest BCUT2D eigenvalue weighted by Crippen LogP contribution is -2.37. The molecule has 2 atom stereocenters. The highest BCUT2D eigenvalue weighted by Crippen LogP contribution is 2.31. The van der Waals surface area contributed by atoms with Crippen molar-refractivity contribution in [2.75, 3.05) is 14.2 Å². The summed E-state index contributed by atoms with van der Waals surface area (Å²) in [6.07, 6.45) is 1.76. The molecule has 0 aliphatic rings. The first-order valence-electron chi connectivity index (χ1n) is 9.11. The average molecular weight is 452 g/mol. The Morgan fingerprint density at radius 3 is 2.43 bits per heavy atom. The molecule has 0 saturated heterocycles. The number of ether oxygens (including phenoxy) is 3. The van der Waals surface area contributed by atoms with Crippen molar-refractivity contribution in [3.63, 3.8) is 0 Å². The molecule has 0 radical (unpaired) electrons. The van der Waals surface area contributed by atoms with Crippen molar-refractivity contribution in [2.24, 2.45) is 0 Å². The largest absolute Gasteiger partial charge is 0.493 e. The first kappa shape index (κ1) is 23.6. The van der Waals surface area contributed by atoms with E-state index in [1.807, 2.05) is 0 Å². The van der Waals surface area contributed by atoms with Crippen molar-refractivity contribution >= 4 is 41.2 Å². The summed E-state index contributed by atoms with van der Waals surface area (Å²) in [7, 11) is 3.03. The van der Waals surface area contributed by atoms with E-state index in [4.69, 9.17) is 37.4 Å². The van der Waals surface area contributed by atoms with Gasteiger partial charge in [-0.1, -0.05) is 41.4 Å². The number of carbonyl (C=O) groups is 2. The summed E-state index contributed by atoms with van der Waals surface area (Å²) >= 11 is 12.1. The van der Waals surface area contributed by atoms with Gasteiger partial charge in [0.25, 0.3) is 5.91 Å². The van der Waals surface area contributed by atoms with Crippen molar-refractivity contribution in [3.05, 3.63) is 63.6 Å². The fraction of sp³-hybridized carbons (Fsp3) is 0.273. The van der Waals surface area contributed by atoms with E-state index in [1.54, 1.807) is 43.3 Å². The van der Waals surface area contributed by atoms with Crippen LogP contribution in [-0.2, 0) is 14.3 Å². The molecule has 0 fully saturated rings. The molecule has 2 aromatic rings. The topological polar surface area (TPSA) is 73.9 Å². The van der Waals surface area contributed by atoms with Crippen molar-refractivity contribution in [1.82, 2.24) is 5.32 Å². The Hall–Kier alpha value is -2.70. The molecule has 0 spiro atoms. The van der Waals surface area contributed by atoms with Gasteiger partial charge < -0.3 is 19.5 Å². The Kier molecular flexibility index (Phi) is 8.57. The molecule has 0 bridgehead atoms. The Balaban J connectivity index is 1.98. The monoisotopic (exact) mass is 451 g/mol. The zero-order valence-corrected chi connectivity index (χ0v) is 18.6. The van der Waals surface area contributed by atoms with Gasteiger partial charge in [-0.15, -0.1) is 0 Å². The standard InChI is InChI=1S/C22H23Cl2NO5/c1-13(17-10-9-16(23)12-18(17)24)25-22(27)14(2)30-20(26)11-8-15-6-5-7-19(28-3)21(15)29-4/h5-14H,1-4H3,(H,25,27)/b11-8+. The molecule has 1 amide bonds. The second-order valence-corrected chi connectivity index (χ2v) is 7.23. The van der Waals surface area contributed by atoms with E-state index in [9.17, 15) is 9.59 Å². The number of esters is 1. The molecule has 30 heavy (non-hydrogen) atoms. The number of hydrogen-bond acceptors (Lipinski definition) is 5. The van der Waals surface area contributed by atoms with Crippen molar-refractivity contribution in [2.45, 2.75) is 26.0 Å². The van der Waals surface area contributed by atoms with E-state index >= 15 is 0 Å². The fourth-order valence-corrected chi connectivity index (χ4v) is 3.30. The Morgan fingerprint density at radius 1 is 1.07 bits per heavy atom. The van der Waals surface area contributed by atoms with Gasteiger partial charge >= 0.3 is 5.97 Å². The third kappa shape index (κ3) is 6.15. The molecular formula is C22H23Cl2NO5. The van der Waals surface area contributed by atoms with Crippen LogP contribution < -0.4 is 14.8 Å². The molecule has 160 valence electrons. The Labute approximate surface area is 185 Å². The van der Waals surface area contributed by atoms with E-state index < -0.39 is 18.0 Å². The molecule has 1 N–H and O–H groups in total. The lowest BCUT2D eigenvalue weighted by molar-refractivity contribution is -0.150. The minimum absolute atomic E-state index is 0.389. The zero-order valence-electron chi connectivity index (χ0n) is 17.1. The number of halogens is 2. The number of nitrogens with one attached hydrogen (secondary N) is 1. The fourth-order valence-electron chi connectivity index (χ4n) is 2.73. The van der Waals surface area contributed by atoms with E-state index in [0.29, 0.717) is 32.7 Å². The third-order valence-electron chi connectivity index (χ3n) is 4.28. The first-order chi connectivity index (χ1) is 14.3. The minimum atomic E-state index is -0.997. The number of hydrogen-bond donors (Lipinski definition) is 1. The lowest BCUT2D eigenvalue weighted by Gasteiger charge is -2.19. The molecule has 0 aliphatic heterocycles. The molecule has 0 aromatic heterocycles. The van der Waals surface area contributed by atoms with Gasteiger partial charge in [0.05, 0.1) is 20.3 Å². The molecule has 8 heteroatoms. The predicted molar refractivity (Wildman–Crippen MR) is 117 cm³/mol. The summed E-state index contributed by atoms with van der Waals surface area (Å²) in [4.78, 5) is 24.5. The lowest BCUT2D eigenvalue weighted by atomic mass is 10.1. The van der Waals surface area contributed by atoms with Crippen LogP contribution in [0.4, 0.5) is 0 Å². The van der Waals surface area contributed by atoms with Crippen LogP contribution in [0.1, 0.15) is 31.0 Å². The summed E-state index contributed by atoms with van der Waals surface area (Å²) in [5, 5.41) is 3.71.